The van der Waals surface area contributed by atoms with Crippen molar-refractivity contribution in [2.24, 2.45) is 0 Å². The third-order valence-corrected chi connectivity index (χ3v) is 6.39. The quantitative estimate of drug-likeness (QED) is 0.659. The van der Waals surface area contributed by atoms with Crippen LogP contribution in [0.15, 0.2) is 54.6 Å². The second-order valence-electron chi connectivity index (χ2n) is 8.57. The second kappa shape index (κ2) is 8.98. The molecular formula is C24H31N4O3+. The smallest absolute Gasteiger partial charge is 0.329 e. The molecule has 2 saturated heterocycles. The van der Waals surface area contributed by atoms with Gasteiger partial charge in [-0.1, -0.05) is 30.3 Å². The summed E-state index contributed by atoms with van der Waals surface area (Å²) in [6.45, 7) is 5.88. The Morgan fingerprint density at radius 3 is 2.35 bits per heavy atom. The van der Waals surface area contributed by atoms with Gasteiger partial charge in [0.05, 0.1) is 33.3 Å². The standard InChI is InChI=1S/C24H30N4O3/c1-24(13-12-19-8-10-21(31-2)11-9-19)22(29)28(23(30)25-24)18-26-14-16-27(17-15-26)20-6-4-3-5-7-20/h3-11H,12-18H2,1-2H3,(H,25,30)/p+1/t24-/m1/s1. The van der Waals surface area contributed by atoms with Gasteiger partial charge in [0.1, 0.15) is 11.3 Å². The van der Waals surface area contributed by atoms with Crippen molar-refractivity contribution in [3.63, 3.8) is 0 Å². The van der Waals surface area contributed by atoms with E-state index >= 15 is 0 Å². The summed E-state index contributed by atoms with van der Waals surface area (Å²) in [5.41, 5.74) is 1.48. The topological polar surface area (TPSA) is 66.3 Å². The lowest BCUT2D eigenvalue weighted by molar-refractivity contribution is -0.907. The Morgan fingerprint density at radius 1 is 1.03 bits per heavy atom. The van der Waals surface area contributed by atoms with Gasteiger partial charge in [0.15, 0.2) is 6.67 Å². The van der Waals surface area contributed by atoms with Gasteiger partial charge in [-0.15, -0.1) is 0 Å². The normalized spacial score (nSPS) is 22.0. The first-order chi connectivity index (χ1) is 15.0. The van der Waals surface area contributed by atoms with Gasteiger partial charge in [-0.2, -0.15) is 0 Å². The predicted molar refractivity (Wildman–Crippen MR) is 119 cm³/mol. The first kappa shape index (κ1) is 21.2. The van der Waals surface area contributed by atoms with E-state index in [4.69, 9.17) is 4.74 Å². The summed E-state index contributed by atoms with van der Waals surface area (Å²) in [7, 11) is 1.64. The average molecular weight is 424 g/mol. The van der Waals surface area contributed by atoms with E-state index in [-0.39, 0.29) is 11.9 Å². The van der Waals surface area contributed by atoms with Gasteiger partial charge >= 0.3 is 6.03 Å². The number of carbonyl (C=O) groups excluding carboxylic acids is 2. The highest BCUT2D eigenvalue weighted by Gasteiger charge is 2.48. The number of ether oxygens (including phenoxy) is 1. The molecule has 31 heavy (non-hydrogen) atoms. The lowest BCUT2D eigenvalue weighted by Gasteiger charge is -2.34. The zero-order chi connectivity index (χ0) is 21.8. The molecule has 2 N–H and O–H groups in total. The zero-order valence-electron chi connectivity index (χ0n) is 18.3. The van der Waals surface area contributed by atoms with Crippen molar-refractivity contribution >= 4 is 17.6 Å². The van der Waals surface area contributed by atoms with E-state index in [1.54, 1.807) is 7.11 Å². The summed E-state index contributed by atoms with van der Waals surface area (Å²) in [6, 6.07) is 17.9. The molecule has 0 aliphatic carbocycles. The maximum Gasteiger partial charge on any atom is 0.329 e. The van der Waals surface area contributed by atoms with Crippen molar-refractivity contribution in [1.82, 2.24) is 10.2 Å². The number of hydrogen-bond donors (Lipinski definition) is 2. The van der Waals surface area contributed by atoms with E-state index in [2.05, 4.69) is 34.5 Å². The summed E-state index contributed by atoms with van der Waals surface area (Å²) >= 11 is 0. The lowest BCUT2D eigenvalue weighted by Crippen LogP contribution is -3.16. The molecule has 0 radical (unpaired) electrons. The number of aryl methyl sites for hydroxylation is 1. The Labute approximate surface area is 183 Å². The van der Waals surface area contributed by atoms with Crippen molar-refractivity contribution in [1.29, 1.82) is 0 Å². The monoisotopic (exact) mass is 423 g/mol. The van der Waals surface area contributed by atoms with Crippen LogP contribution in [0.4, 0.5) is 10.5 Å². The molecule has 2 aromatic carbocycles. The molecule has 7 heteroatoms. The second-order valence-corrected chi connectivity index (χ2v) is 8.57. The molecular weight excluding hydrogens is 392 g/mol. The van der Waals surface area contributed by atoms with Crippen LogP contribution in [0.3, 0.4) is 0 Å². The van der Waals surface area contributed by atoms with Crippen LogP contribution in [-0.4, -0.2) is 62.3 Å². The summed E-state index contributed by atoms with van der Waals surface area (Å²) < 4.78 is 5.19. The average Bonchev–Trinajstić information content (AvgIpc) is 3.02. The number of imide groups is 1. The SMILES string of the molecule is COc1ccc(CC[C@@]2(C)NC(=O)N(C[NH+]3CCN(c4ccccc4)CC3)C2=O)cc1. The van der Waals surface area contributed by atoms with E-state index < -0.39 is 5.54 Å². The molecule has 3 amide bonds. The van der Waals surface area contributed by atoms with E-state index in [0.29, 0.717) is 19.5 Å². The van der Waals surface area contributed by atoms with Crippen molar-refractivity contribution in [2.75, 3.05) is 44.9 Å². The molecule has 2 fully saturated rings. The van der Waals surface area contributed by atoms with Crippen LogP contribution in [0.25, 0.3) is 0 Å². The molecule has 0 unspecified atom stereocenters. The van der Waals surface area contributed by atoms with E-state index in [1.165, 1.54) is 15.5 Å². The van der Waals surface area contributed by atoms with Gasteiger partial charge < -0.3 is 19.9 Å². The van der Waals surface area contributed by atoms with Crippen LogP contribution >= 0.6 is 0 Å². The fourth-order valence-electron chi connectivity index (χ4n) is 4.35. The number of para-hydroxylation sites is 1. The minimum Gasteiger partial charge on any atom is -0.497 e. The van der Waals surface area contributed by atoms with Gasteiger partial charge in [-0.3, -0.25) is 4.79 Å². The molecule has 0 spiro atoms. The number of nitrogens with zero attached hydrogens (tertiary/aromatic N) is 2. The van der Waals surface area contributed by atoms with Gasteiger partial charge in [0.2, 0.25) is 0 Å². The maximum absolute atomic E-state index is 13.1. The largest absolute Gasteiger partial charge is 0.497 e. The number of carbonyl (C=O) groups is 2. The highest BCUT2D eigenvalue weighted by Crippen LogP contribution is 2.23. The Balaban J connectivity index is 1.31. The molecule has 4 rings (SSSR count). The van der Waals surface area contributed by atoms with Crippen LogP contribution in [0.1, 0.15) is 18.9 Å². The Hall–Kier alpha value is -3.06. The number of quaternary nitrogens is 1. The predicted octanol–water partition coefficient (Wildman–Crippen LogP) is 1.30. The van der Waals surface area contributed by atoms with E-state index in [0.717, 1.165) is 37.5 Å². The third-order valence-electron chi connectivity index (χ3n) is 6.39. The van der Waals surface area contributed by atoms with E-state index in [9.17, 15) is 9.59 Å². The van der Waals surface area contributed by atoms with Crippen LogP contribution in [0.5, 0.6) is 5.75 Å². The van der Waals surface area contributed by atoms with Crippen molar-refractivity contribution in [3.05, 3.63) is 60.2 Å². The third kappa shape index (κ3) is 4.66. The Bertz CT molecular complexity index is 910. The lowest BCUT2D eigenvalue weighted by atomic mass is 9.93. The molecule has 0 saturated carbocycles. The summed E-state index contributed by atoms with van der Waals surface area (Å²) in [5, 5.41) is 2.94. The maximum atomic E-state index is 13.1. The number of anilines is 1. The van der Waals surface area contributed by atoms with Gasteiger partial charge in [-0.25, -0.2) is 9.69 Å². The fourth-order valence-corrected chi connectivity index (χ4v) is 4.35. The minimum absolute atomic E-state index is 0.121. The first-order valence-corrected chi connectivity index (χ1v) is 10.9. The van der Waals surface area contributed by atoms with Crippen molar-refractivity contribution in [3.8, 4) is 5.75 Å². The highest BCUT2D eigenvalue weighted by atomic mass is 16.5. The van der Waals surface area contributed by atoms with Gasteiger partial charge in [0.25, 0.3) is 5.91 Å². The van der Waals surface area contributed by atoms with Crippen LogP contribution in [-0.2, 0) is 11.2 Å². The molecule has 2 aromatic rings. The molecule has 7 nitrogen and oxygen atoms in total. The number of benzene rings is 2. The molecule has 2 aliphatic rings. The van der Waals surface area contributed by atoms with Crippen LogP contribution in [0.2, 0.25) is 0 Å². The van der Waals surface area contributed by atoms with Crippen LogP contribution in [0, 0.1) is 0 Å². The van der Waals surface area contributed by atoms with Crippen LogP contribution < -0.4 is 19.9 Å². The summed E-state index contributed by atoms with van der Waals surface area (Å²) in [6.07, 6.45) is 1.28. The van der Waals surface area contributed by atoms with Crippen molar-refractivity contribution < 1.29 is 19.2 Å². The van der Waals surface area contributed by atoms with E-state index in [1.807, 2.05) is 37.3 Å². The number of methoxy groups -OCH3 is 1. The molecule has 164 valence electrons. The summed E-state index contributed by atoms with van der Waals surface area (Å²) in [4.78, 5) is 30.7. The highest BCUT2D eigenvalue weighted by molar-refractivity contribution is 6.06. The number of hydrogen-bond acceptors (Lipinski definition) is 4. The number of urea groups is 1. The Morgan fingerprint density at radius 2 is 1.71 bits per heavy atom. The number of rotatable bonds is 7. The molecule has 2 aliphatic heterocycles. The van der Waals surface area contributed by atoms with Gasteiger partial charge in [0, 0.05) is 5.69 Å². The van der Waals surface area contributed by atoms with Gasteiger partial charge in [-0.05, 0) is 49.6 Å². The first-order valence-electron chi connectivity index (χ1n) is 10.9. The molecule has 2 heterocycles. The number of nitrogens with one attached hydrogen (secondary N) is 2. The minimum atomic E-state index is -0.859. The Kier molecular flexibility index (Phi) is 6.13. The molecule has 0 bridgehead atoms. The number of amides is 3. The fraction of sp³-hybridized carbons (Fsp3) is 0.417. The van der Waals surface area contributed by atoms with Crippen molar-refractivity contribution in [2.45, 2.75) is 25.3 Å². The zero-order valence-corrected chi connectivity index (χ0v) is 18.3. The summed E-state index contributed by atoms with van der Waals surface area (Å²) in [5.74, 6) is 0.686. The molecule has 1 atom stereocenters. The number of piperazine rings is 1. The molecule has 0 aromatic heterocycles.